The van der Waals surface area contributed by atoms with Crippen molar-refractivity contribution in [1.82, 2.24) is 0 Å². The van der Waals surface area contributed by atoms with Crippen molar-refractivity contribution in [1.29, 1.82) is 0 Å². The van der Waals surface area contributed by atoms with Crippen molar-refractivity contribution in [2.45, 2.75) is 86.5 Å². The first-order valence-electron chi connectivity index (χ1n) is 12.3. The summed E-state index contributed by atoms with van der Waals surface area (Å²) in [5, 5.41) is 0. The van der Waals surface area contributed by atoms with Crippen LogP contribution in [-0.2, 0) is 0 Å². The molecule has 0 aromatic carbocycles. The van der Waals surface area contributed by atoms with Crippen LogP contribution in [0.2, 0.25) is 0 Å². The second-order valence-electron chi connectivity index (χ2n) is 11.5. The molecule has 0 amide bonds. The lowest BCUT2D eigenvalue weighted by Gasteiger charge is -2.50. The lowest BCUT2D eigenvalue weighted by atomic mass is 9.55. The maximum atomic E-state index is 4.42. The second kappa shape index (κ2) is 8.93. The van der Waals surface area contributed by atoms with E-state index in [1.54, 1.807) is 5.57 Å². The molecular weight excluding hydrogens is 336 g/mol. The molecule has 0 radical (unpaired) electrons. The van der Waals surface area contributed by atoms with E-state index in [0.717, 1.165) is 47.3 Å². The Labute approximate surface area is 176 Å². The van der Waals surface area contributed by atoms with E-state index in [9.17, 15) is 0 Å². The van der Waals surface area contributed by atoms with E-state index in [0.29, 0.717) is 0 Å². The topological polar surface area (TPSA) is 0 Å². The summed E-state index contributed by atoms with van der Waals surface area (Å²) in [6.07, 6.45) is 19.5. The van der Waals surface area contributed by atoms with E-state index in [1.165, 1.54) is 44.9 Å². The molecule has 0 spiro atoms. The third-order valence-corrected chi connectivity index (χ3v) is 8.82. The molecule has 28 heavy (non-hydrogen) atoms. The predicted molar refractivity (Wildman–Crippen MR) is 124 cm³/mol. The summed E-state index contributed by atoms with van der Waals surface area (Å²) in [6, 6.07) is 0. The van der Waals surface area contributed by atoms with Crippen molar-refractivity contribution < 1.29 is 0 Å². The molecule has 7 atom stereocenters. The highest BCUT2D eigenvalue weighted by molar-refractivity contribution is 5.31. The Morgan fingerprint density at radius 3 is 2.14 bits per heavy atom. The Hall–Kier alpha value is -0.780. The third kappa shape index (κ3) is 4.36. The maximum Gasteiger partial charge on any atom is 0.0130 e. The lowest BCUT2D eigenvalue weighted by Crippen LogP contribution is -2.41. The van der Waals surface area contributed by atoms with E-state index in [2.05, 4.69) is 72.4 Å². The Bertz CT molecular complexity index is 591. The van der Waals surface area contributed by atoms with Crippen molar-refractivity contribution >= 4 is 0 Å². The second-order valence-corrected chi connectivity index (χ2v) is 11.5. The average Bonchev–Trinajstić information content (AvgIpc) is 2.67. The molecule has 0 heterocycles. The maximum absolute atomic E-state index is 4.42. The van der Waals surface area contributed by atoms with Gasteiger partial charge in [0.05, 0.1) is 0 Å². The quantitative estimate of drug-likeness (QED) is 0.418. The van der Waals surface area contributed by atoms with Gasteiger partial charge in [0.15, 0.2) is 0 Å². The van der Waals surface area contributed by atoms with Gasteiger partial charge in [-0.3, -0.25) is 0 Å². The Morgan fingerprint density at radius 2 is 1.54 bits per heavy atom. The summed E-state index contributed by atoms with van der Waals surface area (Å²) in [6.45, 7) is 19.2. The standard InChI is InChI=1S/C28H46/c1-8-28(27-17-22(7)12-14-25(27)20(4)5)15-9-10-23(18-28)26-16-21(6)11-13-24(26)19(2)3/h8-10,15,19-22,24-27H,1,11-14,16-18H2,2-7H3. The van der Waals surface area contributed by atoms with Gasteiger partial charge in [0.2, 0.25) is 0 Å². The van der Waals surface area contributed by atoms with E-state index in [4.69, 9.17) is 0 Å². The van der Waals surface area contributed by atoms with E-state index in [-0.39, 0.29) is 5.41 Å². The minimum atomic E-state index is 0.177. The minimum Gasteiger partial charge on any atom is -0.102 e. The molecule has 0 heteroatoms. The molecule has 3 aliphatic rings. The summed E-state index contributed by atoms with van der Waals surface area (Å²) in [5.41, 5.74) is 1.92. The Kier molecular flexibility index (Phi) is 6.99. The van der Waals surface area contributed by atoms with Gasteiger partial charge in [0.25, 0.3) is 0 Å². The van der Waals surface area contributed by atoms with Crippen molar-refractivity contribution in [2.24, 2.45) is 52.8 Å². The van der Waals surface area contributed by atoms with Crippen molar-refractivity contribution in [3.05, 3.63) is 36.5 Å². The van der Waals surface area contributed by atoms with E-state index in [1.807, 2.05) is 0 Å². The average molecular weight is 383 g/mol. The molecule has 0 aromatic heterocycles. The fraction of sp³-hybridized carbons (Fsp3) is 0.786. The summed E-state index contributed by atoms with van der Waals surface area (Å²) in [4.78, 5) is 0. The molecule has 0 aromatic rings. The summed E-state index contributed by atoms with van der Waals surface area (Å²) in [5.74, 6) is 6.54. The van der Waals surface area contributed by atoms with Crippen molar-refractivity contribution in [3.8, 4) is 0 Å². The van der Waals surface area contributed by atoms with Crippen LogP contribution in [0.1, 0.15) is 86.5 Å². The lowest BCUT2D eigenvalue weighted by molar-refractivity contribution is 0.0697. The van der Waals surface area contributed by atoms with E-state index < -0.39 is 0 Å². The van der Waals surface area contributed by atoms with Crippen LogP contribution in [0, 0.1) is 52.8 Å². The molecule has 0 saturated heterocycles. The predicted octanol–water partition coefficient (Wildman–Crippen LogP) is 8.46. The smallest absolute Gasteiger partial charge is 0.0130 e. The molecule has 2 fully saturated rings. The van der Waals surface area contributed by atoms with Gasteiger partial charge in [-0.15, -0.1) is 6.58 Å². The van der Waals surface area contributed by atoms with Gasteiger partial charge >= 0.3 is 0 Å². The Morgan fingerprint density at radius 1 is 0.929 bits per heavy atom. The zero-order chi connectivity index (χ0) is 20.5. The number of rotatable bonds is 5. The molecule has 7 unspecified atom stereocenters. The van der Waals surface area contributed by atoms with Gasteiger partial charge in [0, 0.05) is 5.41 Å². The number of hydrogen-bond donors (Lipinski definition) is 0. The van der Waals surface area contributed by atoms with Crippen LogP contribution < -0.4 is 0 Å². The van der Waals surface area contributed by atoms with Crippen LogP contribution in [0.25, 0.3) is 0 Å². The van der Waals surface area contributed by atoms with Gasteiger partial charge in [-0.1, -0.05) is 84.3 Å². The molecular formula is C28H46. The van der Waals surface area contributed by atoms with Gasteiger partial charge in [-0.25, -0.2) is 0 Å². The van der Waals surface area contributed by atoms with Crippen molar-refractivity contribution in [2.75, 3.05) is 0 Å². The fourth-order valence-electron chi connectivity index (χ4n) is 7.07. The monoisotopic (exact) mass is 382 g/mol. The zero-order valence-electron chi connectivity index (χ0n) is 19.6. The van der Waals surface area contributed by atoms with Crippen LogP contribution in [0.15, 0.2) is 36.5 Å². The largest absolute Gasteiger partial charge is 0.102 e. The highest BCUT2D eigenvalue weighted by Crippen LogP contribution is 2.54. The van der Waals surface area contributed by atoms with Gasteiger partial charge in [-0.05, 0) is 79.4 Å². The Balaban J connectivity index is 1.89. The summed E-state index contributed by atoms with van der Waals surface area (Å²) < 4.78 is 0. The van der Waals surface area contributed by atoms with Crippen LogP contribution in [0.3, 0.4) is 0 Å². The number of hydrogen-bond acceptors (Lipinski definition) is 0. The fourth-order valence-corrected chi connectivity index (χ4v) is 7.07. The van der Waals surface area contributed by atoms with Gasteiger partial charge in [0.1, 0.15) is 0 Å². The molecule has 0 N–H and O–H groups in total. The van der Waals surface area contributed by atoms with Gasteiger partial charge < -0.3 is 0 Å². The molecule has 0 aliphatic heterocycles. The molecule has 3 rings (SSSR count). The highest BCUT2D eigenvalue weighted by Gasteiger charge is 2.45. The first kappa shape index (κ1) is 21.9. The molecule has 0 nitrogen and oxygen atoms in total. The molecule has 2 saturated carbocycles. The minimum absolute atomic E-state index is 0.177. The molecule has 0 bridgehead atoms. The first-order valence-corrected chi connectivity index (χ1v) is 12.3. The van der Waals surface area contributed by atoms with Crippen LogP contribution in [-0.4, -0.2) is 0 Å². The van der Waals surface area contributed by atoms with Crippen LogP contribution in [0.4, 0.5) is 0 Å². The molecule has 158 valence electrons. The van der Waals surface area contributed by atoms with Crippen LogP contribution >= 0.6 is 0 Å². The van der Waals surface area contributed by atoms with E-state index >= 15 is 0 Å². The van der Waals surface area contributed by atoms with Crippen LogP contribution in [0.5, 0.6) is 0 Å². The molecule has 3 aliphatic carbocycles. The highest BCUT2D eigenvalue weighted by atomic mass is 14.5. The zero-order valence-corrected chi connectivity index (χ0v) is 19.6. The first-order chi connectivity index (χ1) is 13.3. The SMILES string of the molecule is C=CC1(C2CC(C)CCC2C(C)C)C=CC=C(C2CC(C)CCC2C(C)C)C1. The third-order valence-electron chi connectivity index (χ3n) is 8.82. The summed E-state index contributed by atoms with van der Waals surface area (Å²) in [7, 11) is 0. The van der Waals surface area contributed by atoms with Gasteiger partial charge in [-0.2, -0.15) is 0 Å². The summed E-state index contributed by atoms with van der Waals surface area (Å²) >= 11 is 0. The normalized spacial score (nSPS) is 41.9. The number of allylic oxidation sites excluding steroid dienone is 5. The van der Waals surface area contributed by atoms with Crippen molar-refractivity contribution in [3.63, 3.8) is 0 Å².